The van der Waals surface area contributed by atoms with Gasteiger partial charge in [0.1, 0.15) is 22.4 Å². The molecule has 1 N–H and O–H groups in total. The average Bonchev–Trinajstić information content (AvgIpc) is 3.35. The van der Waals surface area contributed by atoms with Gasteiger partial charge in [0, 0.05) is 39.3 Å². The van der Waals surface area contributed by atoms with Crippen molar-refractivity contribution in [3.05, 3.63) is 98.9 Å². The van der Waals surface area contributed by atoms with E-state index in [0.717, 1.165) is 5.56 Å². The number of pyridine rings is 1. The Balaban J connectivity index is 1.41. The van der Waals surface area contributed by atoms with E-state index in [1.54, 1.807) is 42.3 Å². The van der Waals surface area contributed by atoms with Gasteiger partial charge in [0.05, 0.1) is 29.5 Å². The highest BCUT2D eigenvalue weighted by Crippen LogP contribution is 2.69. The molecule has 3 aliphatic carbocycles. The summed E-state index contributed by atoms with van der Waals surface area (Å²) >= 11 is 13.0. The molecule has 8 rings (SSSR count). The van der Waals surface area contributed by atoms with Crippen LogP contribution in [0.15, 0.2) is 60.7 Å². The summed E-state index contributed by atoms with van der Waals surface area (Å²) in [4.78, 5) is 33.1. The smallest absolute Gasteiger partial charge is 0.394 e. The van der Waals surface area contributed by atoms with E-state index >= 15 is 0 Å². The number of halogens is 6. The van der Waals surface area contributed by atoms with Gasteiger partial charge in [-0.25, -0.2) is 14.2 Å². The molecule has 0 saturated heterocycles. The molecule has 1 aliphatic heterocycles. The molecule has 47 heavy (non-hydrogen) atoms. The van der Waals surface area contributed by atoms with Crippen molar-refractivity contribution < 1.29 is 31.9 Å². The predicted molar refractivity (Wildman–Crippen MR) is 170 cm³/mol. The number of carbonyl (C=O) groups excluding carboxylic acids is 2. The van der Waals surface area contributed by atoms with Crippen LogP contribution in [0.5, 0.6) is 5.75 Å². The first kappa shape index (κ1) is 31.5. The maximum atomic E-state index is 14.9. The Morgan fingerprint density at radius 2 is 1.83 bits per heavy atom. The second kappa shape index (κ2) is 11.3. The number of amides is 1. The molecule has 4 aromatic rings. The minimum absolute atomic E-state index is 0.00667. The zero-order chi connectivity index (χ0) is 33.3. The third-order valence-corrected chi connectivity index (χ3v) is 10.5. The van der Waals surface area contributed by atoms with Crippen LogP contribution in [0.4, 0.5) is 23.2 Å². The second-order valence-corrected chi connectivity index (χ2v) is 13.4. The lowest BCUT2D eigenvalue weighted by atomic mass is 9.45. The van der Waals surface area contributed by atoms with Crippen molar-refractivity contribution in [1.82, 2.24) is 9.88 Å². The van der Waals surface area contributed by atoms with Crippen molar-refractivity contribution in [1.29, 1.82) is 0 Å². The number of fused-ring (bicyclic) bond motifs is 5. The molecular formula is C35H27Cl2F4N3O3. The number of methoxy groups -OCH3 is 1. The van der Waals surface area contributed by atoms with Crippen LogP contribution in [-0.2, 0) is 16.1 Å². The molecule has 3 fully saturated rings. The highest BCUT2D eigenvalue weighted by molar-refractivity contribution is 6.31. The first-order chi connectivity index (χ1) is 22.4. The molecule has 1 atom stereocenters. The summed E-state index contributed by atoms with van der Waals surface area (Å²) in [5.74, 6) is 1.58. The van der Waals surface area contributed by atoms with Crippen LogP contribution in [0.2, 0.25) is 10.2 Å². The summed E-state index contributed by atoms with van der Waals surface area (Å²) in [6, 6.07) is 15.0. The molecule has 242 valence electrons. The molecule has 2 heterocycles. The Labute approximate surface area is 277 Å². The van der Waals surface area contributed by atoms with E-state index in [2.05, 4.69) is 16.2 Å². The lowest BCUT2D eigenvalue weighted by Crippen LogP contribution is -2.61. The Hall–Kier alpha value is -4.11. The number of anilines is 1. The van der Waals surface area contributed by atoms with Gasteiger partial charge in [-0.05, 0) is 79.8 Å². The number of aromatic nitrogens is 1. The molecule has 4 aliphatic rings. The van der Waals surface area contributed by atoms with E-state index in [-0.39, 0.29) is 53.8 Å². The van der Waals surface area contributed by atoms with Gasteiger partial charge in [0.25, 0.3) is 0 Å². The first-order valence-electron chi connectivity index (χ1n) is 15.0. The molecule has 3 saturated carbocycles. The summed E-state index contributed by atoms with van der Waals surface area (Å²) in [5.41, 5.74) is -0.503. The fourth-order valence-corrected chi connectivity index (χ4v) is 8.20. The van der Waals surface area contributed by atoms with Crippen LogP contribution in [0.3, 0.4) is 0 Å². The highest BCUT2D eigenvalue weighted by atomic mass is 35.5. The molecular weight excluding hydrogens is 657 g/mol. The van der Waals surface area contributed by atoms with Gasteiger partial charge < -0.3 is 15.0 Å². The quantitative estimate of drug-likeness (QED) is 0.125. The average molecular weight is 685 g/mol. The summed E-state index contributed by atoms with van der Waals surface area (Å²) in [5, 5.41) is 3.82. The molecule has 1 unspecified atom stereocenters. The van der Waals surface area contributed by atoms with E-state index in [0.29, 0.717) is 39.8 Å². The van der Waals surface area contributed by atoms with E-state index in [4.69, 9.17) is 27.9 Å². The molecule has 6 nitrogen and oxygen atoms in total. The fourth-order valence-electron chi connectivity index (χ4n) is 7.83. The number of benzene rings is 3. The van der Waals surface area contributed by atoms with Gasteiger partial charge in [-0.2, -0.15) is 13.2 Å². The van der Waals surface area contributed by atoms with Crippen molar-refractivity contribution in [3.63, 3.8) is 0 Å². The lowest BCUT2D eigenvalue weighted by molar-refractivity contribution is -0.293. The van der Waals surface area contributed by atoms with Crippen LogP contribution in [0, 0.1) is 16.6 Å². The van der Waals surface area contributed by atoms with Gasteiger partial charge in [0.2, 0.25) is 5.91 Å². The molecule has 3 aromatic carbocycles. The second-order valence-electron chi connectivity index (χ2n) is 12.6. The minimum atomic E-state index is -4.41. The first-order valence-corrected chi connectivity index (χ1v) is 15.8. The highest BCUT2D eigenvalue weighted by Gasteiger charge is 2.71. The number of alkyl halides is 3. The van der Waals surface area contributed by atoms with Gasteiger partial charge in [-0.1, -0.05) is 41.8 Å². The van der Waals surface area contributed by atoms with Crippen molar-refractivity contribution in [2.45, 2.75) is 50.9 Å². The predicted octanol–water partition coefficient (Wildman–Crippen LogP) is 8.92. The maximum absolute atomic E-state index is 14.9. The van der Waals surface area contributed by atoms with Gasteiger partial charge in [-0.15, -0.1) is 0 Å². The topological polar surface area (TPSA) is 71.5 Å². The van der Waals surface area contributed by atoms with Crippen molar-refractivity contribution in [3.8, 4) is 5.75 Å². The number of hydrogen-bond donors (Lipinski definition) is 1. The van der Waals surface area contributed by atoms with Crippen molar-refractivity contribution in [2.24, 2.45) is 10.8 Å². The Morgan fingerprint density at radius 3 is 2.51 bits per heavy atom. The monoisotopic (exact) mass is 683 g/mol. The Kier molecular flexibility index (Phi) is 7.54. The van der Waals surface area contributed by atoms with E-state index in [9.17, 15) is 27.2 Å². The number of hydrogen-bond acceptors (Lipinski definition) is 5. The largest absolute Gasteiger partial charge is 0.497 e. The zero-order valence-corrected chi connectivity index (χ0v) is 26.5. The van der Waals surface area contributed by atoms with Crippen molar-refractivity contribution in [2.75, 3.05) is 12.4 Å². The molecule has 0 radical (unpaired) electrons. The standard InChI is InChI=1S/C35H27Cl2F4N3O3/c1-47-21-6-3-19(4-7-21)15-44-27(16-45)29-22-8-10-28(37)42-25(22)14-26(30(29)31(44)23-13-20(38)5-9-24(23)36)43-32(46)33-11-2-12-34(17-33,18-33)35(39,40)41/h3-10,13-14,31H,2,11-12,15,17-18H2,1H3,(H,43,46). The molecule has 12 heteroatoms. The van der Waals surface area contributed by atoms with Crippen LogP contribution >= 0.6 is 23.2 Å². The molecule has 1 amide bonds. The Morgan fingerprint density at radius 1 is 1.09 bits per heavy atom. The van der Waals surface area contributed by atoms with E-state index in [1.807, 2.05) is 12.1 Å². The summed E-state index contributed by atoms with van der Waals surface area (Å²) < 4.78 is 62.2. The van der Waals surface area contributed by atoms with Gasteiger partial charge >= 0.3 is 6.18 Å². The number of nitrogens with one attached hydrogen (secondary N) is 1. The van der Waals surface area contributed by atoms with Crippen LogP contribution in [0.25, 0.3) is 16.6 Å². The summed E-state index contributed by atoms with van der Waals surface area (Å²) in [7, 11) is 1.54. The minimum Gasteiger partial charge on any atom is -0.497 e. The van der Waals surface area contributed by atoms with Crippen LogP contribution in [-0.4, -0.2) is 35.0 Å². The van der Waals surface area contributed by atoms with Gasteiger partial charge in [0.15, 0.2) is 5.94 Å². The van der Waals surface area contributed by atoms with Crippen LogP contribution < -0.4 is 10.1 Å². The number of nitrogens with zero attached hydrogens (tertiary/aromatic N) is 2. The third kappa shape index (κ3) is 5.05. The van der Waals surface area contributed by atoms with Crippen molar-refractivity contribution >= 4 is 57.3 Å². The Bertz CT molecular complexity index is 1990. The van der Waals surface area contributed by atoms with Gasteiger partial charge in [-0.3, -0.25) is 4.79 Å². The van der Waals surface area contributed by atoms with E-state index < -0.39 is 34.8 Å². The molecule has 0 spiro atoms. The van der Waals surface area contributed by atoms with E-state index in [1.165, 1.54) is 18.2 Å². The number of carbonyl (C=O) groups is 1. The third-order valence-electron chi connectivity index (χ3n) is 9.97. The zero-order valence-electron chi connectivity index (χ0n) is 25.0. The molecule has 1 aromatic heterocycles. The summed E-state index contributed by atoms with van der Waals surface area (Å²) in [6.07, 6.45) is -4.41. The number of rotatable bonds is 6. The normalized spacial score (nSPS) is 23.3. The summed E-state index contributed by atoms with van der Waals surface area (Å²) in [6.45, 7) is 0.148. The molecule has 2 bridgehead atoms. The van der Waals surface area contributed by atoms with Crippen LogP contribution in [0.1, 0.15) is 60.4 Å². The SMILES string of the molecule is COc1ccc(CN2C(=C=O)c3c(c(NC(=O)C45CCCC(C(F)(F)F)(C4)C5)cc4nc(Cl)ccc34)C2c2cc(F)ccc2Cl)cc1. The number of ether oxygens (including phenoxy) is 1. The maximum Gasteiger partial charge on any atom is 0.394 e. The lowest BCUT2D eigenvalue weighted by Gasteiger charge is -2.59. The fraction of sp³-hybridized carbons (Fsp3) is 0.314.